The largest absolute Gasteiger partial charge is 2.00 e. The van der Waals surface area contributed by atoms with E-state index in [1.165, 1.54) is 0 Å². The minimum atomic E-state index is -0.0102. The average molecular weight is 274 g/mol. The van der Waals surface area contributed by atoms with Crippen LogP contribution in [0.4, 0.5) is 0 Å². The van der Waals surface area contributed by atoms with Gasteiger partial charge in [-0.05, 0) is 25.7 Å². The van der Waals surface area contributed by atoms with Crippen LogP contribution in [0.25, 0.3) is 0 Å². The molecule has 0 N–H and O–H groups in total. The van der Waals surface area contributed by atoms with Gasteiger partial charge in [-0.1, -0.05) is 13.8 Å². The Morgan fingerprint density at radius 1 is 0.706 bits per heavy atom. The quantitative estimate of drug-likeness (QED) is 0.414. The molecule has 0 aliphatic heterocycles. The molecule has 0 bridgehead atoms. The second-order valence-corrected chi connectivity index (χ2v) is 3.34. The van der Waals surface area contributed by atoms with E-state index < -0.39 is 0 Å². The predicted molar refractivity (Wildman–Crippen MR) is 66.9 cm³/mol. The maximum Gasteiger partial charge on any atom is 2.00 e. The normalized spacial score (nSPS) is 9.18. The van der Waals surface area contributed by atoms with Gasteiger partial charge in [0.05, 0.1) is 0 Å². The molecule has 0 amide bonds. The van der Waals surface area contributed by atoms with Gasteiger partial charge in [-0.2, -0.15) is 0 Å². The van der Waals surface area contributed by atoms with E-state index in [4.69, 9.17) is 9.47 Å². The van der Waals surface area contributed by atoms with Crippen LogP contribution in [0.5, 0.6) is 0 Å². The molecule has 0 atom stereocenters. The molecule has 0 aromatic heterocycles. The van der Waals surface area contributed by atoms with Gasteiger partial charge in [0.1, 0.15) is 0 Å². The van der Waals surface area contributed by atoms with Gasteiger partial charge in [-0.25, -0.2) is 0 Å². The smallest absolute Gasteiger partial charge is 0.854 e. The fraction of sp³-hybridized carbons (Fsp3) is 1.00. The molecule has 0 rings (SSSR count). The molecule has 5 heteroatoms. The summed E-state index contributed by atoms with van der Waals surface area (Å²) in [6.07, 6.45) is 3.39. The summed E-state index contributed by atoms with van der Waals surface area (Å²) < 4.78 is 10.0. The number of rotatable bonds is 10. The third-order valence-electron chi connectivity index (χ3n) is 1.56. The molecule has 0 radical (unpaired) electrons. The van der Waals surface area contributed by atoms with Crippen molar-refractivity contribution in [3.05, 3.63) is 0 Å². The molecule has 0 unspecified atom stereocenters. The summed E-state index contributed by atoms with van der Waals surface area (Å²) in [6.45, 7) is 6.94. The second kappa shape index (κ2) is 25.8. The summed E-state index contributed by atoms with van der Waals surface area (Å²) >= 11 is 0. The third-order valence-corrected chi connectivity index (χ3v) is 1.56. The van der Waals surface area contributed by atoms with Crippen LogP contribution in [-0.4, -0.2) is 77.4 Å². The van der Waals surface area contributed by atoms with Gasteiger partial charge >= 0.3 is 37.7 Å². The standard InChI is InChI=1S/2C6H13O2.Ca/c2*1-2-5-8-6-3-4-7;/h2*2-6H2,1H3;/q2*-1;+2. The second-order valence-electron chi connectivity index (χ2n) is 3.34. The molecule has 0 aliphatic rings. The zero-order valence-corrected chi connectivity index (χ0v) is 13.6. The van der Waals surface area contributed by atoms with Crippen molar-refractivity contribution in [2.24, 2.45) is 0 Å². The molecule has 0 spiro atoms. The van der Waals surface area contributed by atoms with Crippen molar-refractivity contribution in [1.82, 2.24) is 0 Å². The molecular weight excluding hydrogens is 248 g/mol. The van der Waals surface area contributed by atoms with Crippen LogP contribution in [0.1, 0.15) is 39.5 Å². The Morgan fingerprint density at radius 2 is 1.06 bits per heavy atom. The first-order valence-corrected chi connectivity index (χ1v) is 6.15. The maximum absolute atomic E-state index is 9.81. The fourth-order valence-electron chi connectivity index (χ4n) is 0.815. The summed E-state index contributed by atoms with van der Waals surface area (Å²) in [7, 11) is 0. The molecule has 0 fully saturated rings. The van der Waals surface area contributed by atoms with E-state index >= 15 is 0 Å². The van der Waals surface area contributed by atoms with E-state index in [0.717, 1.165) is 26.1 Å². The van der Waals surface area contributed by atoms with E-state index in [1.54, 1.807) is 0 Å². The molecule has 4 nitrogen and oxygen atoms in total. The fourth-order valence-corrected chi connectivity index (χ4v) is 0.815. The molecule has 0 aromatic rings. The molecule has 0 aliphatic carbocycles. The molecule has 17 heavy (non-hydrogen) atoms. The Morgan fingerprint density at radius 3 is 1.29 bits per heavy atom. The maximum atomic E-state index is 9.81. The third kappa shape index (κ3) is 31.6. The number of hydrogen-bond donors (Lipinski definition) is 0. The van der Waals surface area contributed by atoms with Gasteiger partial charge in [-0.15, -0.1) is 13.2 Å². The molecule has 100 valence electrons. The molecule has 0 saturated carbocycles. The van der Waals surface area contributed by atoms with E-state index in [1.807, 2.05) is 0 Å². The SMILES string of the molecule is CCCOCCC[O-].CCCOCCC[O-].[Ca+2]. The first-order valence-electron chi connectivity index (χ1n) is 6.15. The minimum Gasteiger partial charge on any atom is -0.854 e. The summed E-state index contributed by atoms with van der Waals surface area (Å²) in [5, 5.41) is 19.6. The molecule has 0 saturated heterocycles. The van der Waals surface area contributed by atoms with Crippen molar-refractivity contribution >= 4 is 37.7 Å². The summed E-state index contributed by atoms with van der Waals surface area (Å²) in [5.74, 6) is 0. The number of ether oxygens (including phenoxy) is 2. The van der Waals surface area contributed by atoms with Gasteiger partial charge in [0, 0.05) is 26.4 Å². The first-order chi connectivity index (χ1) is 7.83. The van der Waals surface area contributed by atoms with Crippen LogP contribution in [0.2, 0.25) is 0 Å². The van der Waals surface area contributed by atoms with Crippen LogP contribution < -0.4 is 10.2 Å². The minimum absolute atomic E-state index is 0. The molecule has 0 aromatic carbocycles. The Hall–Kier alpha value is 1.10. The topological polar surface area (TPSA) is 64.6 Å². The van der Waals surface area contributed by atoms with Gasteiger partial charge in [0.15, 0.2) is 0 Å². The van der Waals surface area contributed by atoms with Crippen LogP contribution in [0.15, 0.2) is 0 Å². The van der Waals surface area contributed by atoms with Crippen molar-refractivity contribution in [3.8, 4) is 0 Å². The zero-order valence-electron chi connectivity index (χ0n) is 11.4. The summed E-state index contributed by atoms with van der Waals surface area (Å²) in [5.41, 5.74) is 0. The van der Waals surface area contributed by atoms with Crippen LogP contribution >= 0.6 is 0 Å². The summed E-state index contributed by atoms with van der Waals surface area (Å²) in [6, 6.07) is 0. The van der Waals surface area contributed by atoms with Crippen molar-refractivity contribution in [1.29, 1.82) is 0 Å². The van der Waals surface area contributed by atoms with Crippen LogP contribution in [0.3, 0.4) is 0 Å². The Balaban J connectivity index is -0.000000218. The van der Waals surface area contributed by atoms with E-state index in [9.17, 15) is 10.2 Å². The monoisotopic (exact) mass is 274 g/mol. The predicted octanol–water partition coefficient (Wildman–Crippen LogP) is -0.0540. The van der Waals surface area contributed by atoms with Crippen molar-refractivity contribution < 1.29 is 19.7 Å². The van der Waals surface area contributed by atoms with E-state index in [2.05, 4.69) is 13.8 Å². The van der Waals surface area contributed by atoms with Gasteiger partial charge in [0.25, 0.3) is 0 Å². The van der Waals surface area contributed by atoms with Gasteiger partial charge in [0.2, 0.25) is 0 Å². The molecular formula is C12H26CaO4. The Bertz CT molecular complexity index is 80.5. The van der Waals surface area contributed by atoms with Crippen molar-refractivity contribution in [2.75, 3.05) is 39.6 Å². The average Bonchev–Trinajstić information content (AvgIpc) is 2.31. The van der Waals surface area contributed by atoms with E-state index in [0.29, 0.717) is 26.1 Å². The first kappa shape index (κ1) is 23.2. The Kier molecular flexibility index (Phi) is 35.3. The Labute approximate surface area is 136 Å². The number of hydrogen-bond acceptors (Lipinski definition) is 4. The van der Waals surface area contributed by atoms with Crippen LogP contribution in [-0.2, 0) is 9.47 Å². The van der Waals surface area contributed by atoms with Gasteiger partial charge < -0.3 is 19.7 Å². The zero-order chi connectivity index (χ0) is 12.5. The van der Waals surface area contributed by atoms with E-state index in [-0.39, 0.29) is 51.0 Å². The molecule has 0 heterocycles. The van der Waals surface area contributed by atoms with Gasteiger partial charge in [-0.3, -0.25) is 0 Å². The summed E-state index contributed by atoms with van der Waals surface area (Å²) in [4.78, 5) is 0. The van der Waals surface area contributed by atoms with Crippen molar-refractivity contribution in [2.45, 2.75) is 39.5 Å². The van der Waals surface area contributed by atoms with Crippen LogP contribution in [0, 0.1) is 0 Å². The van der Waals surface area contributed by atoms with Crippen molar-refractivity contribution in [3.63, 3.8) is 0 Å².